The number of aliphatic hydroxyl groups is 1. The lowest BCUT2D eigenvalue weighted by Crippen LogP contribution is -2.40. The lowest BCUT2D eigenvalue weighted by molar-refractivity contribution is -0.769. The summed E-state index contributed by atoms with van der Waals surface area (Å²) in [4.78, 5) is 27.2. The molecule has 1 aliphatic rings. The van der Waals surface area contributed by atoms with Crippen LogP contribution in [0, 0.1) is 10.1 Å². The van der Waals surface area contributed by atoms with Gasteiger partial charge in [-0.1, -0.05) is 26.0 Å². The number of aliphatic hydroxyl groups excluding tert-OH is 1. The second-order valence-electron chi connectivity index (χ2n) is 7.72. The molecule has 162 valence electrons. The minimum Gasteiger partial charge on any atom is -0.491 e. The van der Waals surface area contributed by atoms with Gasteiger partial charge in [0.25, 0.3) is 5.09 Å². The van der Waals surface area contributed by atoms with Gasteiger partial charge >= 0.3 is 0 Å². The summed E-state index contributed by atoms with van der Waals surface area (Å²) in [5, 5.41) is 25.6. The van der Waals surface area contributed by atoms with Crippen LogP contribution >= 0.6 is 0 Å². The fourth-order valence-electron chi connectivity index (χ4n) is 3.23. The summed E-state index contributed by atoms with van der Waals surface area (Å²) in [7, 11) is 0. The van der Waals surface area contributed by atoms with Gasteiger partial charge in [-0.25, -0.2) is 0 Å². The van der Waals surface area contributed by atoms with Crippen LogP contribution in [-0.2, 0) is 16.1 Å². The zero-order chi connectivity index (χ0) is 21.2. The fraction of sp³-hybridized carbons (Fsp3) is 0.650. The average molecular weight is 409 g/mol. The predicted molar refractivity (Wildman–Crippen MR) is 107 cm³/mol. The molecule has 0 heterocycles. The second-order valence-corrected chi connectivity index (χ2v) is 7.72. The Morgan fingerprint density at radius 1 is 1.24 bits per heavy atom. The van der Waals surface area contributed by atoms with Crippen molar-refractivity contribution < 1.29 is 24.6 Å². The van der Waals surface area contributed by atoms with Crippen molar-refractivity contribution in [1.29, 1.82) is 0 Å². The summed E-state index contributed by atoms with van der Waals surface area (Å²) in [5.41, 5.74) is 0.863. The Hall–Kier alpha value is -2.39. The van der Waals surface area contributed by atoms with E-state index in [-0.39, 0.29) is 31.1 Å². The maximum absolute atomic E-state index is 12.2. The molecule has 0 saturated heterocycles. The van der Waals surface area contributed by atoms with E-state index in [2.05, 4.69) is 15.5 Å². The van der Waals surface area contributed by atoms with Gasteiger partial charge in [-0.15, -0.1) is 10.1 Å². The van der Waals surface area contributed by atoms with E-state index in [1.165, 1.54) is 0 Å². The molecule has 1 amide bonds. The first kappa shape index (κ1) is 22.9. The van der Waals surface area contributed by atoms with E-state index < -0.39 is 11.2 Å². The molecule has 3 N–H and O–H groups in total. The maximum Gasteiger partial charge on any atom is 0.294 e. The minimum atomic E-state index is -0.750. The number of nitrogens with zero attached hydrogens (tertiary/aromatic N) is 1. The third-order valence-electron chi connectivity index (χ3n) is 4.77. The molecule has 2 rings (SSSR count). The number of hydrogen-bond acceptors (Lipinski definition) is 7. The molecule has 29 heavy (non-hydrogen) atoms. The zero-order valence-corrected chi connectivity index (χ0v) is 17.0. The molecule has 1 saturated carbocycles. The van der Waals surface area contributed by atoms with E-state index >= 15 is 0 Å². The second kappa shape index (κ2) is 11.6. The normalized spacial score (nSPS) is 20.1. The van der Waals surface area contributed by atoms with Gasteiger partial charge in [-0.05, 0) is 43.4 Å². The molecular weight excluding hydrogens is 378 g/mol. The van der Waals surface area contributed by atoms with Crippen molar-refractivity contribution >= 4 is 5.91 Å². The molecule has 1 aromatic rings. The van der Waals surface area contributed by atoms with E-state index in [0.717, 1.165) is 5.56 Å². The topological polar surface area (TPSA) is 123 Å². The molecule has 1 atom stereocenters. The van der Waals surface area contributed by atoms with E-state index in [9.17, 15) is 20.0 Å². The highest BCUT2D eigenvalue weighted by molar-refractivity contribution is 5.78. The Kier molecular flexibility index (Phi) is 9.14. The summed E-state index contributed by atoms with van der Waals surface area (Å²) in [6, 6.07) is 7.55. The minimum absolute atomic E-state index is 0.0256. The third-order valence-corrected chi connectivity index (χ3v) is 4.77. The lowest BCUT2D eigenvalue weighted by Gasteiger charge is -2.27. The molecule has 0 radical (unpaired) electrons. The molecular formula is C20H31N3O6. The molecule has 1 unspecified atom stereocenters. The number of carbonyl (C=O) groups is 1. The van der Waals surface area contributed by atoms with Gasteiger partial charge in [0, 0.05) is 18.6 Å². The highest BCUT2D eigenvalue weighted by Crippen LogP contribution is 2.21. The van der Waals surface area contributed by atoms with Crippen molar-refractivity contribution in [2.24, 2.45) is 0 Å². The van der Waals surface area contributed by atoms with Gasteiger partial charge in [0.2, 0.25) is 5.91 Å². The predicted octanol–water partition coefficient (Wildman–Crippen LogP) is 1.60. The van der Waals surface area contributed by atoms with E-state index in [4.69, 9.17) is 4.74 Å². The van der Waals surface area contributed by atoms with Crippen LogP contribution in [0.3, 0.4) is 0 Å². The Balaban J connectivity index is 1.68. The standard InChI is InChI=1S/C20H31N3O6/c1-14(2)21-12-17(24)13-28-18-7-3-15(4-8-18)11-20(25)22-16-5-9-19(10-6-16)29-23(26)27/h3-4,7-8,14,16-17,19,21,24H,5-6,9-13H2,1-2H3,(H,22,25)/t16-,17?,19-. The first-order valence-corrected chi connectivity index (χ1v) is 10.1. The molecule has 0 aromatic heterocycles. The number of nitrogens with one attached hydrogen (secondary N) is 2. The lowest BCUT2D eigenvalue weighted by atomic mass is 9.93. The Labute approximate surface area is 170 Å². The number of amides is 1. The van der Waals surface area contributed by atoms with E-state index in [1.807, 2.05) is 26.0 Å². The van der Waals surface area contributed by atoms with Gasteiger partial charge in [0.05, 0.1) is 6.42 Å². The average Bonchev–Trinajstić information content (AvgIpc) is 2.67. The van der Waals surface area contributed by atoms with Crippen molar-refractivity contribution in [1.82, 2.24) is 10.6 Å². The van der Waals surface area contributed by atoms with Crippen LogP contribution in [0.1, 0.15) is 45.1 Å². The smallest absolute Gasteiger partial charge is 0.294 e. The summed E-state index contributed by atoms with van der Waals surface area (Å²) in [6.45, 7) is 4.69. The maximum atomic E-state index is 12.2. The van der Waals surface area contributed by atoms with Crippen molar-refractivity contribution in [2.45, 2.75) is 70.2 Å². The molecule has 0 spiro atoms. The molecule has 1 fully saturated rings. The first-order valence-electron chi connectivity index (χ1n) is 10.1. The number of benzene rings is 1. The summed E-state index contributed by atoms with van der Waals surface area (Å²) in [5.74, 6) is 0.564. The van der Waals surface area contributed by atoms with Crippen molar-refractivity contribution in [3.05, 3.63) is 39.9 Å². The van der Waals surface area contributed by atoms with E-state index in [0.29, 0.717) is 44.0 Å². The van der Waals surface area contributed by atoms with Gasteiger partial charge in [-0.2, -0.15) is 0 Å². The van der Waals surface area contributed by atoms with Crippen LogP contribution in [0.5, 0.6) is 5.75 Å². The monoisotopic (exact) mass is 409 g/mol. The molecule has 0 aliphatic heterocycles. The molecule has 1 aromatic carbocycles. The molecule has 9 nitrogen and oxygen atoms in total. The fourth-order valence-corrected chi connectivity index (χ4v) is 3.23. The molecule has 9 heteroatoms. The highest BCUT2D eigenvalue weighted by Gasteiger charge is 2.24. The SMILES string of the molecule is CC(C)NCC(O)COc1ccc(CC(=O)N[C@H]2CC[C@H](O[N+](=O)[O-])CC2)cc1. The largest absolute Gasteiger partial charge is 0.491 e. The molecule has 1 aliphatic carbocycles. The number of hydrogen-bond donors (Lipinski definition) is 3. The number of carbonyl (C=O) groups excluding carboxylic acids is 1. The van der Waals surface area contributed by atoms with E-state index in [1.54, 1.807) is 12.1 Å². The van der Waals surface area contributed by atoms with Crippen LogP contribution < -0.4 is 15.4 Å². The summed E-state index contributed by atoms with van der Waals surface area (Å²) < 4.78 is 5.57. The van der Waals surface area contributed by atoms with Crippen molar-refractivity contribution in [2.75, 3.05) is 13.2 Å². The van der Waals surface area contributed by atoms with Crippen LogP contribution in [0.2, 0.25) is 0 Å². The van der Waals surface area contributed by atoms with Gasteiger partial charge in [0.1, 0.15) is 24.6 Å². The van der Waals surface area contributed by atoms with Gasteiger partial charge in [-0.3, -0.25) is 4.79 Å². The quantitative estimate of drug-likeness (QED) is 0.375. The Bertz CT molecular complexity index is 644. The third kappa shape index (κ3) is 9.10. The van der Waals surface area contributed by atoms with Crippen LogP contribution in [0.4, 0.5) is 0 Å². The van der Waals surface area contributed by atoms with Gasteiger partial charge < -0.3 is 25.3 Å². The Morgan fingerprint density at radius 3 is 2.48 bits per heavy atom. The number of ether oxygens (including phenoxy) is 1. The van der Waals surface area contributed by atoms with Crippen molar-refractivity contribution in [3.63, 3.8) is 0 Å². The van der Waals surface area contributed by atoms with Crippen LogP contribution in [0.15, 0.2) is 24.3 Å². The Morgan fingerprint density at radius 2 is 1.90 bits per heavy atom. The first-order chi connectivity index (χ1) is 13.8. The van der Waals surface area contributed by atoms with Crippen molar-refractivity contribution in [3.8, 4) is 5.75 Å². The number of rotatable bonds is 11. The zero-order valence-electron chi connectivity index (χ0n) is 17.0. The van der Waals surface area contributed by atoms with Crippen LogP contribution in [0.25, 0.3) is 0 Å². The van der Waals surface area contributed by atoms with Gasteiger partial charge in [0.15, 0.2) is 0 Å². The van der Waals surface area contributed by atoms with Crippen LogP contribution in [-0.4, -0.2) is 53.5 Å². The molecule has 0 bridgehead atoms. The summed E-state index contributed by atoms with van der Waals surface area (Å²) >= 11 is 0. The summed E-state index contributed by atoms with van der Waals surface area (Å²) in [6.07, 6.45) is 1.77. The highest BCUT2D eigenvalue weighted by atomic mass is 17.0.